The van der Waals surface area contributed by atoms with E-state index in [4.69, 9.17) is 4.52 Å². The van der Waals surface area contributed by atoms with Gasteiger partial charge in [-0.05, 0) is 63.1 Å². The number of benzene rings is 1. The van der Waals surface area contributed by atoms with Gasteiger partial charge in [-0.3, -0.25) is 4.79 Å². The van der Waals surface area contributed by atoms with E-state index < -0.39 is 0 Å². The number of rotatable bonds is 4. The third-order valence-electron chi connectivity index (χ3n) is 5.92. The number of halogens is 1. The normalized spacial score (nSPS) is 19.7. The van der Waals surface area contributed by atoms with Gasteiger partial charge in [0.05, 0.1) is 22.3 Å². The minimum Gasteiger partial charge on any atom is -0.337 e. The molecule has 7 heteroatoms. The molecule has 1 saturated carbocycles. The Morgan fingerprint density at radius 2 is 2.03 bits per heavy atom. The zero-order valence-electron chi connectivity index (χ0n) is 16.3. The number of likely N-dealkylation sites (tertiary alicyclic amines) is 1. The first kappa shape index (κ1) is 18.2. The van der Waals surface area contributed by atoms with Gasteiger partial charge < -0.3 is 14.7 Å². The molecular formula is C22H23FN4O2. The summed E-state index contributed by atoms with van der Waals surface area (Å²) in [6, 6.07) is 8.21. The number of piperidine rings is 1. The van der Waals surface area contributed by atoms with Crippen LogP contribution >= 0.6 is 0 Å². The Labute approximate surface area is 168 Å². The molecule has 1 N–H and O–H groups in total. The van der Waals surface area contributed by atoms with Crippen LogP contribution < -0.4 is 5.32 Å². The van der Waals surface area contributed by atoms with E-state index in [1.807, 2.05) is 18.0 Å². The van der Waals surface area contributed by atoms with Gasteiger partial charge in [0.15, 0.2) is 0 Å². The average Bonchev–Trinajstić information content (AvgIpc) is 3.52. The van der Waals surface area contributed by atoms with Crippen LogP contribution in [0.3, 0.4) is 0 Å². The van der Waals surface area contributed by atoms with Crippen molar-refractivity contribution in [2.75, 3.05) is 20.1 Å². The zero-order valence-corrected chi connectivity index (χ0v) is 16.3. The molecule has 5 rings (SSSR count). The summed E-state index contributed by atoms with van der Waals surface area (Å²) in [5, 5.41) is 8.26. The zero-order chi connectivity index (χ0) is 20.0. The van der Waals surface area contributed by atoms with Gasteiger partial charge in [0.1, 0.15) is 5.82 Å². The van der Waals surface area contributed by atoms with E-state index in [9.17, 15) is 9.18 Å². The lowest BCUT2D eigenvalue weighted by Crippen LogP contribution is -2.47. The molecule has 1 aliphatic heterocycles. The van der Waals surface area contributed by atoms with Crippen molar-refractivity contribution >= 4 is 17.0 Å². The van der Waals surface area contributed by atoms with Gasteiger partial charge in [-0.15, -0.1) is 0 Å². The minimum atomic E-state index is -0.312. The Bertz CT molecular complexity index is 1060. The predicted octanol–water partition coefficient (Wildman–Crippen LogP) is 3.73. The number of aromatic nitrogens is 2. The van der Waals surface area contributed by atoms with Crippen molar-refractivity contribution in [3.8, 4) is 11.3 Å². The van der Waals surface area contributed by atoms with Crippen molar-refractivity contribution in [2.45, 2.75) is 37.6 Å². The number of carbonyl (C=O) groups is 1. The van der Waals surface area contributed by atoms with Gasteiger partial charge in [-0.25, -0.2) is 9.37 Å². The second-order valence-corrected chi connectivity index (χ2v) is 7.96. The van der Waals surface area contributed by atoms with Crippen LogP contribution in [0.4, 0.5) is 4.39 Å². The highest BCUT2D eigenvalue weighted by atomic mass is 19.1. The van der Waals surface area contributed by atoms with Gasteiger partial charge in [-0.1, -0.05) is 5.16 Å². The Balaban J connectivity index is 1.62. The fraction of sp³-hybridized carbons (Fsp3) is 0.409. The number of fused-ring (bicyclic) bond motifs is 1. The topological polar surface area (TPSA) is 71.3 Å². The monoisotopic (exact) mass is 394 g/mol. The molecule has 6 nitrogen and oxygen atoms in total. The first-order chi connectivity index (χ1) is 14.1. The van der Waals surface area contributed by atoms with Crippen LogP contribution in [0.5, 0.6) is 0 Å². The van der Waals surface area contributed by atoms with Crippen LogP contribution in [0.2, 0.25) is 0 Å². The Morgan fingerprint density at radius 1 is 1.24 bits per heavy atom. The number of nitrogens with one attached hydrogen (secondary N) is 1. The van der Waals surface area contributed by atoms with Crippen LogP contribution in [0.15, 0.2) is 34.9 Å². The summed E-state index contributed by atoms with van der Waals surface area (Å²) >= 11 is 0. The summed E-state index contributed by atoms with van der Waals surface area (Å²) in [4.78, 5) is 20.0. The van der Waals surface area contributed by atoms with Crippen LogP contribution in [-0.4, -0.2) is 47.1 Å². The molecule has 2 fully saturated rings. The number of likely N-dealkylation sites (N-methyl/N-ethyl adjacent to an activating group) is 1. The van der Waals surface area contributed by atoms with Crippen LogP contribution in [0.1, 0.15) is 47.7 Å². The van der Waals surface area contributed by atoms with Gasteiger partial charge in [-0.2, -0.15) is 0 Å². The van der Waals surface area contributed by atoms with E-state index in [1.165, 1.54) is 12.1 Å². The third-order valence-corrected chi connectivity index (χ3v) is 5.92. The largest absolute Gasteiger partial charge is 0.337 e. The second-order valence-electron chi connectivity index (χ2n) is 7.96. The summed E-state index contributed by atoms with van der Waals surface area (Å²) < 4.78 is 18.9. The molecule has 1 atom stereocenters. The summed E-state index contributed by atoms with van der Waals surface area (Å²) in [7, 11) is 1.93. The standard InChI is InChI=1S/C22H23FN4O2/c1-24-16-3-2-10-27(12-16)22(28)17-11-18(13-6-8-15(23)9-7-13)25-21-19(17)20(26-29-21)14-4-5-14/h6-9,11,14,16,24H,2-5,10,12H2,1H3. The van der Waals surface area contributed by atoms with Crippen molar-refractivity contribution in [3.63, 3.8) is 0 Å². The van der Waals surface area contributed by atoms with Crippen LogP contribution in [-0.2, 0) is 0 Å². The average molecular weight is 394 g/mol. The van der Waals surface area contributed by atoms with Gasteiger partial charge >= 0.3 is 0 Å². The van der Waals surface area contributed by atoms with E-state index in [0.29, 0.717) is 35.5 Å². The fourth-order valence-corrected chi connectivity index (χ4v) is 4.11. The number of pyridine rings is 1. The number of carbonyl (C=O) groups excluding carboxylic acids is 1. The van der Waals surface area contributed by atoms with E-state index >= 15 is 0 Å². The van der Waals surface area contributed by atoms with Crippen LogP contribution in [0, 0.1) is 5.82 Å². The highest BCUT2D eigenvalue weighted by Crippen LogP contribution is 2.43. The SMILES string of the molecule is CNC1CCCN(C(=O)c2cc(-c3ccc(F)cc3)nc3onc(C4CC4)c23)C1. The number of amides is 1. The molecule has 3 aromatic rings. The molecule has 2 aliphatic rings. The molecule has 2 aromatic heterocycles. The smallest absolute Gasteiger partial charge is 0.259 e. The van der Waals surface area contributed by atoms with Crippen molar-refractivity contribution in [1.29, 1.82) is 0 Å². The maximum atomic E-state index is 13.5. The maximum Gasteiger partial charge on any atom is 0.259 e. The summed E-state index contributed by atoms with van der Waals surface area (Å²) in [5.74, 6) is 0.00623. The number of hydrogen-bond donors (Lipinski definition) is 1. The molecule has 0 bridgehead atoms. The van der Waals surface area contributed by atoms with Crippen molar-refractivity contribution in [3.05, 3.63) is 47.4 Å². The molecule has 1 unspecified atom stereocenters. The quantitative estimate of drug-likeness (QED) is 0.730. The van der Waals surface area contributed by atoms with E-state index in [1.54, 1.807) is 12.1 Å². The first-order valence-corrected chi connectivity index (χ1v) is 10.2. The lowest BCUT2D eigenvalue weighted by molar-refractivity contribution is 0.0700. The number of hydrogen-bond acceptors (Lipinski definition) is 5. The van der Waals surface area contributed by atoms with E-state index in [0.717, 1.165) is 48.9 Å². The number of nitrogens with zero attached hydrogens (tertiary/aromatic N) is 3. The Kier molecular flexibility index (Phi) is 4.54. The molecule has 3 heterocycles. The van der Waals surface area contributed by atoms with E-state index in [-0.39, 0.29) is 11.7 Å². The van der Waals surface area contributed by atoms with Gasteiger partial charge in [0.25, 0.3) is 11.6 Å². The lowest BCUT2D eigenvalue weighted by atomic mass is 10.0. The van der Waals surface area contributed by atoms with Crippen molar-refractivity contribution in [2.24, 2.45) is 0 Å². The fourth-order valence-electron chi connectivity index (χ4n) is 4.11. The lowest BCUT2D eigenvalue weighted by Gasteiger charge is -2.32. The molecule has 29 heavy (non-hydrogen) atoms. The Hall–Kier alpha value is -2.80. The van der Waals surface area contributed by atoms with Crippen LogP contribution in [0.25, 0.3) is 22.4 Å². The minimum absolute atomic E-state index is 0.0224. The second kappa shape index (κ2) is 7.22. The molecular weight excluding hydrogens is 371 g/mol. The molecule has 0 radical (unpaired) electrons. The molecule has 1 aliphatic carbocycles. The first-order valence-electron chi connectivity index (χ1n) is 10.2. The summed E-state index contributed by atoms with van der Waals surface area (Å²) in [5.41, 5.74) is 3.11. The molecule has 1 saturated heterocycles. The van der Waals surface area contributed by atoms with E-state index in [2.05, 4.69) is 15.5 Å². The molecule has 0 spiro atoms. The third kappa shape index (κ3) is 3.40. The Morgan fingerprint density at radius 3 is 2.76 bits per heavy atom. The maximum absolute atomic E-state index is 13.5. The molecule has 1 aromatic carbocycles. The van der Waals surface area contributed by atoms with Crippen molar-refractivity contribution < 1.29 is 13.7 Å². The molecule has 150 valence electrons. The van der Waals surface area contributed by atoms with Crippen molar-refractivity contribution in [1.82, 2.24) is 20.4 Å². The van der Waals surface area contributed by atoms with Gasteiger partial charge in [0, 0.05) is 30.6 Å². The predicted molar refractivity (Wildman–Crippen MR) is 107 cm³/mol. The summed E-state index contributed by atoms with van der Waals surface area (Å²) in [6.45, 7) is 1.41. The van der Waals surface area contributed by atoms with Gasteiger partial charge in [0.2, 0.25) is 0 Å². The summed E-state index contributed by atoms with van der Waals surface area (Å²) in [6.07, 6.45) is 4.14. The highest BCUT2D eigenvalue weighted by Gasteiger charge is 2.34. The highest BCUT2D eigenvalue weighted by molar-refractivity contribution is 6.07. The molecule has 1 amide bonds.